The molecular formula is C16H15N5O3S. The van der Waals surface area contributed by atoms with Gasteiger partial charge in [0.05, 0.1) is 12.3 Å². The van der Waals surface area contributed by atoms with E-state index in [1.165, 1.54) is 12.3 Å². The Morgan fingerprint density at radius 1 is 1.28 bits per heavy atom. The van der Waals surface area contributed by atoms with Gasteiger partial charge in [0.15, 0.2) is 5.82 Å². The van der Waals surface area contributed by atoms with Crippen LogP contribution >= 0.6 is 11.5 Å². The molecule has 0 fully saturated rings. The molecule has 2 N–H and O–H groups in total. The van der Waals surface area contributed by atoms with Crippen LogP contribution in [0.4, 0.5) is 10.9 Å². The first-order valence-electron chi connectivity index (χ1n) is 7.45. The van der Waals surface area contributed by atoms with Crippen molar-refractivity contribution in [3.63, 3.8) is 0 Å². The van der Waals surface area contributed by atoms with Gasteiger partial charge in [0.25, 0.3) is 0 Å². The van der Waals surface area contributed by atoms with Crippen LogP contribution in [-0.4, -0.2) is 36.5 Å². The number of ether oxygens (including phenoxy) is 1. The number of nitrogens with one attached hydrogen (secondary N) is 1. The molecule has 0 unspecified atom stereocenters. The number of aromatic carboxylic acids is 1. The van der Waals surface area contributed by atoms with Crippen molar-refractivity contribution < 1.29 is 14.6 Å². The molecule has 9 heteroatoms. The van der Waals surface area contributed by atoms with E-state index in [1.54, 1.807) is 24.4 Å². The fourth-order valence-corrected chi connectivity index (χ4v) is 2.59. The average Bonchev–Trinajstić information content (AvgIpc) is 3.04. The molecule has 3 aromatic heterocycles. The number of pyridine rings is 2. The minimum absolute atomic E-state index is 0.0626. The minimum Gasteiger partial charge on any atom is -0.489 e. The van der Waals surface area contributed by atoms with Crippen molar-refractivity contribution in [1.29, 1.82) is 0 Å². The van der Waals surface area contributed by atoms with Gasteiger partial charge < -0.3 is 15.2 Å². The van der Waals surface area contributed by atoms with Crippen LogP contribution in [0.15, 0.2) is 36.7 Å². The summed E-state index contributed by atoms with van der Waals surface area (Å²) in [6.07, 6.45) is 3.19. The Bertz CT molecular complexity index is 879. The highest BCUT2D eigenvalue weighted by molar-refractivity contribution is 7.09. The normalized spacial score (nSPS) is 10.7. The molecule has 0 atom stereocenters. The molecule has 0 bridgehead atoms. The fourth-order valence-electron chi connectivity index (χ4n) is 2.01. The second-order valence-electron chi connectivity index (χ2n) is 5.30. The lowest BCUT2D eigenvalue weighted by atomic mass is 10.2. The smallest absolute Gasteiger partial charge is 0.339 e. The average molecular weight is 357 g/mol. The van der Waals surface area contributed by atoms with Gasteiger partial charge in [0, 0.05) is 17.7 Å². The summed E-state index contributed by atoms with van der Waals surface area (Å²) in [5.74, 6) is 0.261. The summed E-state index contributed by atoms with van der Waals surface area (Å²) < 4.78 is 9.79. The number of hydrogen-bond acceptors (Lipinski definition) is 8. The lowest BCUT2D eigenvalue weighted by Gasteiger charge is -2.08. The highest BCUT2D eigenvalue weighted by Crippen LogP contribution is 2.24. The Morgan fingerprint density at radius 2 is 2.12 bits per heavy atom. The molecule has 3 aromatic rings. The maximum atomic E-state index is 11.2. The molecule has 0 saturated carbocycles. The Labute approximate surface area is 147 Å². The largest absolute Gasteiger partial charge is 0.489 e. The molecular weight excluding hydrogens is 342 g/mol. The lowest BCUT2D eigenvalue weighted by molar-refractivity contribution is 0.0697. The monoisotopic (exact) mass is 357 g/mol. The summed E-state index contributed by atoms with van der Waals surface area (Å²) in [5, 5.41) is 12.5. The summed E-state index contributed by atoms with van der Waals surface area (Å²) in [6, 6.07) is 6.60. The number of rotatable bonds is 6. The van der Waals surface area contributed by atoms with Crippen LogP contribution in [0.5, 0.6) is 5.75 Å². The molecule has 25 heavy (non-hydrogen) atoms. The SMILES string of the molecule is CC(C)Oc1ccc(-c2nsc(Nc3ncccc3C(=O)O)n2)nc1. The molecule has 0 amide bonds. The molecule has 0 aliphatic carbocycles. The first-order chi connectivity index (χ1) is 12.0. The number of aromatic nitrogens is 4. The van der Waals surface area contributed by atoms with E-state index in [4.69, 9.17) is 4.74 Å². The van der Waals surface area contributed by atoms with Gasteiger partial charge in [-0.15, -0.1) is 0 Å². The Kier molecular flexibility index (Phi) is 4.85. The van der Waals surface area contributed by atoms with Crippen molar-refractivity contribution in [2.75, 3.05) is 5.32 Å². The topological polar surface area (TPSA) is 110 Å². The van der Waals surface area contributed by atoms with E-state index in [0.29, 0.717) is 22.4 Å². The molecule has 3 heterocycles. The van der Waals surface area contributed by atoms with E-state index in [2.05, 4.69) is 24.6 Å². The molecule has 0 spiro atoms. The third-order valence-corrected chi connectivity index (χ3v) is 3.66. The first kappa shape index (κ1) is 16.8. The summed E-state index contributed by atoms with van der Waals surface area (Å²) in [7, 11) is 0. The number of carboxylic acid groups (broad SMARTS) is 1. The molecule has 0 saturated heterocycles. The van der Waals surface area contributed by atoms with Gasteiger partial charge in [-0.05, 0) is 38.1 Å². The van der Waals surface area contributed by atoms with Gasteiger partial charge in [-0.1, -0.05) is 0 Å². The van der Waals surface area contributed by atoms with E-state index in [0.717, 1.165) is 11.5 Å². The van der Waals surface area contributed by atoms with Crippen molar-refractivity contribution >= 4 is 28.5 Å². The summed E-state index contributed by atoms with van der Waals surface area (Å²) >= 11 is 1.10. The van der Waals surface area contributed by atoms with Crippen molar-refractivity contribution in [2.24, 2.45) is 0 Å². The second kappa shape index (κ2) is 7.22. The van der Waals surface area contributed by atoms with Gasteiger partial charge in [-0.25, -0.2) is 14.8 Å². The van der Waals surface area contributed by atoms with E-state index in [9.17, 15) is 9.90 Å². The van der Waals surface area contributed by atoms with Crippen LogP contribution in [-0.2, 0) is 0 Å². The predicted octanol–water partition coefficient (Wildman–Crippen LogP) is 3.22. The zero-order chi connectivity index (χ0) is 17.8. The van der Waals surface area contributed by atoms with Gasteiger partial charge >= 0.3 is 5.97 Å². The summed E-state index contributed by atoms with van der Waals surface area (Å²) in [4.78, 5) is 23.9. The fraction of sp³-hybridized carbons (Fsp3) is 0.188. The molecule has 8 nitrogen and oxygen atoms in total. The van der Waals surface area contributed by atoms with Crippen LogP contribution in [0.1, 0.15) is 24.2 Å². The Hall–Kier alpha value is -3.07. The van der Waals surface area contributed by atoms with Crippen LogP contribution in [0.25, 0.3) is 11.5 Å². The summed E-state index contributed by atoms with van der Waals surface area (Å²) in [6.45, 7) is 3.88. The maximum Gasteiger partial charge on any atom is 0.339 e. The highest BCUT2D eigenvalue weighted by Gasteiger charge is 2.14. The zero-order valence-electron chi connectivity index (χ0n) is 13.5. The number of hydrogen-bond donors (Lipinski definition) is 2. The predicted molar refractivity (Wildman–Crippen MR) is 93.4 cm³/mol. The number of carboxylic acids is 1. The molecule has 128 valence electrons. The van der Waals surface area contributed by atoms with E-state index in [-0.39, 0.29) is 17.5 Å². The van der Waals surface area contributed by atoms with Crippen molar-refractivity contribution in [3.05, 3.63) is 42.2 Å². The van der Waals surface area contributed by atoms with Crippen molar-refractivity contribution in [2.45, 2.75) is 20.0 Å². The van der Waals surface area contributed by atoms with Crippen LogP contribution in [0, 0.1) is 0 Å². The van der Waals surface area contributed by atoms with Gasteiger partial charge in [-0.2, -0.15) is 9.36 Å². The first-order valence-corrected chi connectivity index (χ1v) is 8.22. The third kappa shape index (κ3) is 4.07. The number of anilines is 2. The molecule has 0 aliphatic heterocycles. The van der Waals surface area contributed by atoms with Crippen molar-refractivity contribution in [1.82, 2.24) is 19.3 Å². The summed E-state index contributed by atoms with van der Waals surface area (Å²) in [5.41, 5.74) is 0.660. The zero-order valence-corrected chi connectivity index (χ0v) is 14.3. The van der Waals surface area contributed by atoms with E-state index >= 15 is 0 Å². The molecule has 0 aliphatic rings. The third-order valence-electron chi connectivity index (χ3n) is 3.03. The lowest BCUT2D eigenvalue weighted by Crippen LogP contribution is -2.05. The molecule has 0 aromatic carbocycles. The van der Waals surface area contributed by atoms with E-state index < -0.39 is 5.97 Å². The van der Waals surface area contributed by atoms with Crippen LogP contribution in [0.2, 0.25) is 0 Å². The molecule has 0 radical (unpaired) electrons. The number of nitrogens with zero attached hydrogens (tertiary/aromatic N) is 4. The van der Waals surface area contributed by atoms with Crippen LogP contribution < -0.4 is 10.1 Å². The molecule has 3 rings (SSSR count). The van der Waals surface area contributed by atoms with Crippen LogP contribution in [0.3, 0.4) is 0 Å². The van der Waals surface area contributed by atoms with E-state index in [1.807, 2.05) is 13.8 Å². The van der Waals surface area contributed by atoms with Gasteiger partial charge in [-0.3, -0.25) is 0 Å². The second-order valence-corrected chi connectivity index (χ2v) is 6.05. The van der Waals surface area contributed by atoms with Gasteiger partial charge in [0.2, 0.25) is 5.13 Å². The standard InChI is InChI=1S/C16H15N5O3S/c1-9(2)24-10-5-6-12(18-8-10)14-20-16(25-21-14)19-13-11(15(22)23)4-3-7-17-13/h3-9H,1-2H3,(H,22,23)(H,17,19,20,21). The highest BCUT2D eigenvalue weighted by atomic mass is 32.1. The quantitative estimate of drug-likeness (QED) is 0.692. The minimum atomic E-state index is -1.07. The Morgan fingerprint density at radius 3 is 2.80 bits per heavy atom. The maximum absolute atomic E-state index is 11.2. The Balaban J connectivity index is 1.78. The van der Waals surface area contributed by atoms with Crippen molar-refractivity contribution in [3.8, 4) is 17.3 Å². The van der Waals surface area contributed by atoms with Gasteiger partial charge in [0.1, 0.15) is 22.8 Å². The number of carbonyl (C=O) groups is 1.